The van der Waals surface area contributed by atoms with Gasteiger partial charge in [0, 0.05) is 10.7 Å². The molecular weight excluding hydrogens is 424 g/mol. The fraction of sp³-hybridized carbons (Fsp3) is 0.136. The number of para-hydroxylation sites is 2. The maximum Gasteiger partial charge on any atom is 0.267 e. The number of nitrogens with one attached hydrogen (secondary N) is 1. The first-order valence-electron chi connectivity index (χ1n) is 9.29. The number of halogens is 1. The van der Waals surface area contributed by atoms with Crippen molar-refractivity contribution in [3.05, 3.63) is 89.4 Å². The molecule has 3 aromatic carbocycles. The molecule has 1 aliphatic heterocycles. The molecule has 4 rings (SSSR count). The van der Waals surface area contributed by atoms with Gasteiger partial charge in [-0.25, -0.2) is 8.42 Å². The third-order valence-corrected chi connectivity index (χ3v) is 6.60. The van der Waals surface area contributed by atoms with E-state index in [1.807, 2.05) is 6.07 Å². The highest BCUT2D eigenvalue weighted by Gasteiger charge is 2.36. The number of amides is 1. The largest absolute Gasteiger partial charge is 0.476 e. The van der Waals surface area contributed by atoms with Crippen molar-refractivity contribution in [1.29, 1.82) is 0 Å². The first-order chi connectivity index (χ1) is 14.4. The molecule has 3 aromatic rings. The molecule has 0 spiro atoms. The number of ether oxygens (including phenoxy) is 1. The molecule has 1 aliphatic rings. The van der Waals surface area contributed by atoms with Crippen molar-refractivity contribution in [2.45, 2.75) is 11.9 Å². The van der Waals surface area contributed by atoms with Crippen molar-refractivity contribution < 1.29 is 17.9 Å². The fourth-order valence-electron chi connectivity index (χ4n) is 3.25. The van der Waals surface area contributed by atoms with Crippen LogP contribution in [0.1, 0.15) is 5.56 Å². The van der Waals surface area contributed by atoms with Gasteiger partial charge < -0.3 is 10.1 Å². The van der Waals surface area contributed by atoms with Gasteiger partial charge in [-0.2, -0.15) is 0 Å². The van der Waals surface area contributed by atoms with E-state index in [4.69, 9.17) is 16.3 Å². The second kappa shape index (κ2) is 8.38. The Bertz CT molecular complexity index is 1170. The minimum absolute atomic E-state index is 0.126. The van der Waals surface area contributed by atoms with E-state index in [0.29, 0.717) is 27.7 Å². The Morgan fingerprint density at radius 3 is 2.53 bits per heavy atom. The topological polar surface area (TPSA) is 75.7 Å². The number of fused-ring (bicyclic) bond motifs is 1. The number of carbonyl (C=O) groups excluding carboxylic acids is 1. The van der Waals surface area contributed by atoms with Gasteiger partial charge in [-0.1, -0.05) is 60.1 Å². The van der Waals surface area contributed by atoms with Gasteiger partial charge in [0.25, 0.3) is 5.91 Å². The van der Waals surface area contributed by atoms with E-state index in [9.17, 15) is 13.2 Å². The van der Waals surface area contributed by atoms with Crippen molar-refractivity contribution in [3.8, 4) is 5.75 Å². The molecule has 1 amide bonds. The molecule has 0 saturated carbocycles. The first-order valence-corrected chi connectivity index (χ1v) is 11.3. The van der Waals surface area contributed by atoms with E-state index in [1.54, 1.807) is 72.8 Å². The highest BCUT2D eigenvalue weighted by molar-refractivity contribution is 7.92. The number of nitrogens with zero attached hydrogens (tertiary/aromatic N) is 1. The van der Waals surface area contributed by atoms with Crippen molar-refractivity contribution in [3.63, 3.8) is 0 Å². The van der Waals surface area contributed by atoms with Crippen molar-refractivity contribution in [1.82, 2.24) is 0 Å². The van der Waals surface area contributed by atoms with E-state index in [-0.39, 0.29) is 12.3 Å². The third-order valence-electron chi connectivity index (χ3n) is 4.65. The summed E-state index contributed by atoms with van der Waals surface area (Å²) in [6.45, 7) is -0.126. The van der Waals surface area contributed by atoms with Crippen LogP contribution in [-0.2, 0) is 20.6 Å². The smallest absolute Gasteiger partial charge is 0.267 e. The second-order valence-electron chi connectivity index (χ2n) is 6.85. The zero-order valence-corrected chi connectivity index (χ0v) is 17.4. The third kappa shape index (κ3) is 4.42. The molecule has 1 heterocycles. The number of sulfonamides is 1. The average Bonchev–Trinajstić information content (AvgIpc) is 2.73. The standard InChI is InChI=1S/C22H19ClN2O4S/c23-17-9-6-10-18(13-17)24-22(26)21-14-25(19-11-4-5-12-20(19)29-21)30(27,28)15-16-7-2-1-3-8-16/h1-13,21H,14-15H2,(H,24,26)/t21-/m0/s1. The van der Waals surface area contributed by atoms with Crippen LogP contribution in [0.5, 0.6) is 5.75 Å². The Morgan fingerprint density at radius 2 is 1.77 bits per heavy atom. The summed E-state index contributed by atoms with van der Waals surface area (Å²) in [6.07, 6.45) is -1.01. The van der Waals surface area contributed by atoms with Crippen molar-refractivity contribution >= 4 is 38.9 Å². The van der Waals surface area contributed by atoms with Gasteiger partial charge >= 0.3 is 0 Å². The maximum atomic E-state index is 13.2. The minimum Gasteiger partial charge on any atom is -0.476 e. The highest BCUT2D eigenvalue weighted by atomic mass is 35.5. The normalized spacial score (nSPS) is 15.8. The van der Waals surface area contributed by atoms with E-state index >= 15 is 0 Å². The number of benzene rings is 3. The molecule has 1 N–H and O–H groups in total. The van der Waals surface area contributed by atoms with E-state index in [0.717, 1.165) is 0 Å². The second-order valence-corrected chi connectivity index (χ2v) is 9.18. The predicted octanol–water partition coefficient (Wildman–Crippen LogP) is 4.08. The first kappa shape index (κ1) is 20.3. The molecule has 0 aromatic heterocycles. The summed E-state index contributed by atoms with van der Waals surface area (Å²) >= 11 is 5.97. The average molecular weight is 443 g/mol. The lowest BCUT2D eigenvalue weighted by Crippen LogP contribution is -2.49. The van der Waals surface area contributed by atoms with Crippen LogP contribution in [0, 0.1) is 0 Å². The maximum absolute atomic E-state index is 13.2. The molecular formula is C22H19ClN2O4S. The van der Waals surface area contributed by atoms with E-state index in [2.05, 4.69) is 5.32 Å². The number of hydrogen-bond donors (Lipinski definition) is 1. The highest BCUT2D eigenvalue weighted by Crippen LogP contribution is 2.36. The Labute approximate surface area is 180 Å². The number of anilines is 2. The summed E-state index contributed by atoms with van der Waals surface area (Å²) in [6, 6.07) is 22.4. The molecule has 0 radical (unpaired) electrons. The summed E-state index contributed by atoms with van der Waals surface area (Å²) in [5, 5.41) is 3.22. The van der Waals surface area contributed by atoms with Gasteiger partial charge in [0.05, 0.1) is 18.0 Å². The summed E-state index contributed by atoms with van der Waals surface area (Å²) < 4.78 is 33.5. The zero-order chi connectivity index (χ0) is 21.1. The summed E-state index contributed by atoms with van der Waals surface area (Å²) in [5.74, 6) is -0.288. The van der Waals surface area contributed by atoms with Crippen molar-refractivity contribution in [2.75, 3.05) is 16.2 Å². The lowest BCUT2D eigenvalue weighted by molar-refractivity contribution is -0.122. The van der Waals surface area contributed by atoms with Crippen LogP contribution in [0.2, 0.25) is 5.02 Å². The number of hydrogen-bond acceptors (Lipinski definition) is 4. The van der Waals surface area contributed by atoms with Crippen LogP contribution in [0.3, 0.4) is 0 Å². The van der Waals surface area contributed by atoms with Gasteiger partial charge in [0.2, 0.25) is 10.0 Å². The van der Waals surface area contributed by atoms with Gasteiger partial charge in [-0.15, -0.1) is 0 Å². The van der Waals surface area contributed by atoms with E-state index in [1.165, 1.54) is 4.31 Å². The fourth-order valence-corrected chi connectivity index (χ4v) is 5.03. The van der Waals surface area contributed by atoms with Gasteiger partial charge in [-0.05, 0) is 35.9 Å². The van der Waals surface area contributed by atoms with Gasteiger partial charge in [0.1, 0.15) is 5.75 Å². The quantitative estimate of drug-likeness (QED) is 0.646. The lowest BCUT2D eigenvalue weighted by atomic mass is 10.2. The lowest BCUT2D eigenvalue weighted by Gasteiger charge is -2.34. The van der Waals surface area contributed by atoms with E-state index < -0.39 is 22.0 Å². The predicted molar refractivity (Wildman–Crippen MR) is 117 cm³/mol. The summed E-state index contributed by atoms with van der Waals surface area (Å²) in [5.41, 5.74) is 1.59. The van der Waals surface area contributed by atoms with Crippen LogP contribution in [-0.4, -0.2) is 27.0 Å². The number of carbonyl (C=O) groups is 1. The van der Waals surface area contributed by atoms with Gasteiger partial charge in [-0.3, -0.25) is 9.10 Å². The molecule has 0 saturated heterocycles. The Morgan fingerprint density at radius 1 is 1.03 bits per heavy atom. The van der Waals surface area contributed by atoms with Crippen LogP contribution in [0.4, 0.5) is 11.4 Å². The van der Waals surface area contributed by atoms with Crippen LogP contribution < -0.4 is 14.4 Å². The number of rotatable bonds is 5. The minimum atomic E-state index is -3.74. The molecule has 30 heavy (non-hydrogen) atoms. The molecule has 0 fully saturated rings. The Hall–Kier alpha value is -3.03. The monoisotopic (exact) mass is 442 g/mol. The molecule has 6 nitrogen and oxygen atoms in total. The molecule has 1 atom stereocenters. The Balaban J connectivity index is 1.61. The van der Waals surface area contributed by atoms with Crippen LogP contribution in [0.15, 0.2) is 78.9 Å². The molecule has 8 heteroatoms. The molecule has 154 valence electrons. The molecule has 0 aliphatic carbocycles. The van der Waals surface area contributed by atoms with Crippen molar-refractivity contribution in [2.24, 2.45) is 0 Å². The zero-order valence-electron chi connectivity index (χ0n) is 15.9. The van der Waals surface area contributed by atoms with Gasteiger partial charge in [0.15, 0.2) is 6.10 Å². The van der Waals surface area contributed by atoms with Crippen LogP contribution in [0.25, 0.3) is 0 Å². The molecule has 0 bridgehead atoms. The summed E-state index contributed by atoms with van der Waals surface area (Å²) in [7, 11) is -3.74. The van der Waals surface area contributed by atoms with Crippen LogP contribution >= 0.6 is 11.6 Å². The molecule has 0 unspecified atom stereocenters. The summed E-state index contributed by atoms with van der Waals surface area (Å²) in [4.78, 5) is 12.8. The Kier molecular flexibility index (Phi) is 5.65. The SMILES string of the molecule is O=C(Nc1cccc(Cl)c1)[C@@H]1CN(S(=O)(=O)Cc2ccccc2)c2ccccc2O1.